The molecule has 1 saturated carbocycles. The summed E-state index contributed by atoms with van der Waals surface area (Å²) < 4.78 is 0.589. The average molecular weight is 251 g/mol. The second-order valence-corrected chi connectivity index (χ2v) is 4.69. The molecule has 0 aromatic carbocycles. The van der Waals surface area contributed by atoms with Crippen LogP contribution >= 0.6 is 0 Å². The highest BCUT2D eigenvalue weighted by atomic mass is 16.6. The number of hydrogen-bond acceptors (Lipinski definition) is 4. The summed E-state index contributed by atoms with van der Waals surface area (Å²) in [6.45, 7) is 0. The molecule has 1 aromatic rings. The average Bonchev–Trinajstić information content (AvgIpc) is 2.57. The highest BCUT2D eigenvalue weighted by Crippen LogP contribution is 2.26. The normalized spacial score (nSPS) is 17.1. The highest BCUT2D eigenvalue weighted by molar-refractivity contribution is 5.58. The van der Waals surface area contributed by atoms with Crippen LogP contribution in [0.4, 0.5) is 11.4 Å². The standard InChI is InChI=1S/C12H17N3O3/c16-14-8-7-12(15(17)18)11(9-14)13-10-5-3-1-2-4-6-10/h7-10,13H,1-6H2. The number of aromatic nitrogens is 1. The van der Waals surface area contributed by atoms with E-state index < -0.39 is 4.92 Å². The molecule has 1 heterocycles. The summed E-state index contributed by atoms with van der Waals surface area (Å²) in [5.74, 6) is 0. The largest absolute Gasteiger partial charge is 0.619 e. The number of nitro groups is 1. The predicted molar refractivity (Wildman–Crippen MR) is 67.2 cm³/mol. The third-order valence-electron chi connectivity index (χ3n) is 3.32. The van der Waals surface area contributed by atoms with Crippen molar-refractivity contribution in [2.24, 2.45) is 0 Å². The van der Waals surface area contributed by atoms with E-state index in [2.05, 4.69) is 5.32 Å². The van der Waals surface area contributed by atoms with E-state index in [1.165, 1.54) is 25.1 Å². The quantitative estimate of drug-likeness (QED) is 0.294. The molecule has 1 aromatic heterocycles. The second-order valence-electron chi connectivity index (χ2n) is 4.69. The van der Waals surface area contributed by atoms with Crippen LogP contribution in [0.1, 0.15) is 38.5 Å². The molecule has 6 heteroatoms. The Morgan fingerprint density at radius 1 is 1.28 bits per heavy atom. The van der Waals surface area contributed by atoms with Gasteiger partial charge in [-0.1, -0.05) is 25.7 Å². The molecule has 1 aliphatic carbocycles. The van der Waals surface area contributed by atoms with Crippen molar-refractivity contribution in [3.05, 3.63) is 33.8 Å². The Labute approximate surface area is 105 Å². The lowest BCUT2D eigenvalue weighted by atomic mass is 10.1. The van der Waals surface area contributed by atoms with Gasteiger partial charge >= 0.3 is 5.69 Å². The molecule has 1 N–H and O–H groups in total. The number of pyridine rings is 1. The lowest BCUT2D eigenvalue weighted by molar-refractivity contribution is -0.605. The topological polar surface area (TPSA) is 82.1 Å². The summed E-state index contributed by atoms with van der Waals surface area (Å²) in [6, 6.07) is 1.47. The van der Waals surface area contributed by atoms with E-state index >= 15 is 0 Å². The first-order valence-electron chi connectivity index (χ1n) is 6.30. The van der Waals surface area contributed by atoms with Crippen molar-refractivity contribution >= 4 is 11.4 Å². The molecule has 0 bridgehead atoms. The van der Waals surface area contributed by atoms with Crippen LogP contribution in [0.2, 0.25) is 0 Å². The lowest BCUT2D eigenvalue weighted by Crippen LogP contribution is -2.27. The molecule has 1 aliphatic rings. The van der Waals surface area contributed by atoms with Gasteiger partial charge in [0.2, 0.25) is 6.20 Å². The van der Waals surface area contributed by atoms with Gasteiger partial charge in [-0.15, -0.1) is 0 Å². The number of hydrogen-bond donors (Lipinski definition) is 1. The molecule has 0 spiro atoms. The molecule has 0 saturated heterocycles. The number of nitrogens with zero attached hydrogens (tertiary/aromatic N) is 2. The monoisotopic (exact) mass is 251 g/mol. The van der Waals surface area contributed by atoms with Gasteiger partial charge in [0.1, 0.15) is 0 Å². The van der Waals surface area contributed by atoms with E-state index in [-0.39, 0.29) is 11.7 Å². The molecule has 0 amide bonds. The van der Waals surface area contributed by atoms with Crippen molar-refractivity contribution in [2.45, 2.75) is 44.6 Å². The van der Waals surface area contributed by atoms with E-state index in [0.717, 1.165) is 31.9 Å². The van der Waals surface area contributed by atoms with E-state index in [1.807, 2.05) is 0 Å². The molecular weight excluding hydrogens is 234 g/mol. The molecule has 0 aliphatic heterocycles. The van der Waals surface area contributed by atoms with Crippen molar-refractivity contribution in [3.63, 3.8) is 0 Å². The number of anilines is 1. The summed E-state index contributed by atoms with van der Waals surface area (Å²) in [5.41, 5.74) is 0.288. The Morgan fingerprint density at radius 2 is 1.94 bits per heavy atom. The summed E-state index contributed by atoms with van der Waals surface area (Å²) in [4.78, 5) is 10.4. The van der Waals surface area contributed by atoms with Crippen molar-refractivity contribution in [1.82, 2.24) is 0 Å². The zero-order chi connectivity index (χ0) is 13.0. The molecule has 2 rings (SSSR count). The van der Waals surface area contributed by atoms with Gasteiger partial charge in [0.15, 0.2) is 11.9 Å². The Morgan fingerprint density at radius 3 is 2.56 bits per heavy atom. The van der Waals surface area contributed by atoms with Crippen molar-refractivity contribution < 1.29 is 9.65 Å². The smallest absolute Gasteiger partial charge is 0.304 e. The molecular formula is C12H17N3O3. The van der Waals surface area contributed by atoms with E-state index in [9.17, 15) is 15.3 Å². The van der Waals surface area contributed by atoms with Gasteiger partial charge in [0.25, 0.3) is 0 Å². The third-order valence-corrected chi connectivity index (χ3v) is 3.32. The number of rotatable bonds is 3. The maximum atomic E-state index is 11.2. The predicted octanol–water partition coefficient (Wildman–Crippen LogP) is 2.36. The summed E-state index contributed by atoms with van der Waals surface area (Å²) >= 11 is 0. The van der Waals surface area contributed by atoms with Crippen LogP contribution in [0.25, 0.3) is 0 Å². The van der Waals surface area contributed by atoms with Crippen molar-refractivity contribution in [3.8, 4) is 0 Å². The molecule has 1 fully saturated rings. The second kappa shape index (κ2) is 5.66. The molecule has 0 atom stereocenters. The first-order chi connectivity index (χ1) is 8.66. The van der Waals surface area contributed by atoms with Crippen LogP contribution < -0.4 is 10.0 Å². The molecule has 6 nitrogen and oxygen atoms in total. The van der Waals surface area contributed by atoms with Gasteiger partial charge in [-0.05, 0) is 12.8 Å². The molecule has 0 radical (unpaired) electrons. The van der Waals surface area contributed by atoms with E-state index in [0.29, 0.717) is 10.4 Å². The SMILES string of the molecule is O=[N+]([O-])c1cc[n+]([O-])cc1NC1CCCCCC1. The summed E-state index contributed by atoms with van der Waals surface area (Å²) in [5, 5.41) is 25.3. The van der Waals surface area contributed by atoms with Crippen molar-refractivity contribution in [2.75, 3.05) is 5.32 Å². The van der Waals surface area contributed by atoms with Crippen molar-refractivity contribution in [1.29, 1.82) is 0 Å². The summed E-state index contributed by atoms with van der Waals surface area (Å²) in [6.07, 6.45) is 9.10. The van der Waals surface area contributed by atoms with Crippen LogP contribution in [-0.4, -0.2) is 11.0 Å². The Kier molecular flexibility index (Phi) is 3.96. The third kappa shape index (κ3) is 3.09. The van der Waals surface area contributed by atoms with Gasteiger partial charge in [0, 0.05) is 6.04 Å². The minimum Gasteiger partial charge on any atom is -0.619 e. The van der Waals surface area contributed by atoms with Crippen LogP contribution in [0.3, 0.4) is 0 Å². The van der Waals surface area contributed by atoms with Gasteiger partial charge in [-0.3, -0.25) is 10.1 Å². The van der Waals surface area contributed by atoms with Gasteiger partial charge in [0.05, 0.1) is 11.0 Å². The molecule has 18 heavy (non-hydrogen) atoms. The zero-order valence-corrected chi connectivity index (χ0v) is 10.2. The van der Waals surface area contributed by atoms with Gasteiger partial charge in [-0.2, -0.15) is 4.73 Å². The Bertz CT molecular complexity index is 429. The minimum absolute atomic E-state index is 0.0358. The zero-order valence-electron chi connectivity index (χ0n) is 10.2. The number of nitrogens with one attached hydrogen (secondary N) is 1. The summed E-state index contributed by atoms with van der Waals surface area (Å²) in [7, 11) is 0. The fourth-order valence-electron chi connectivity index (χ4n) is 2.38. The van der Waals surface area contributed by atoms with Gasteiger partial charge < -0.3 is 10.5 Å². The maximum Gasteiger partial charge on any atom is 0.304 e. The first-order valence-corrected chi connectivity index (χ1v) is 6.30. The van der Waals surface area contributed by atoms with E-state index in [1.54, 1.807) is 0 Å². The molecule has 0 unspecified atom stereocenters. The van der Waals surface area contributed by atoms with E-state index in [4.69, 9.17) is 0 Å². The Hall–Kier alpha value is -1.85. The highest BCUT2D eigenvalue weighted by Gasteiger charge is 2.20. The Balaban J connectivity index is 2.15. The van der Waals surface area contributed by atoms with Crippen LogP contribution in [0, 0.1) is 15.3 Å². The lowest BCUT2D eigenvalue weighted by Gasteiger charge is -2.16. The first kappa shape index (κ1) is 12.6. The van der Waals surface area contributed by atoms with Crippen LogP contribution in [0.5, 0.6) is 0 Å². The van der Waals surface area contributed by atoms with Crippen LogP contribution in [-0.2, 0) is 0 Å². The minimum atomic E-state index is -0.459. The molecule has 98 valence electrons. The fraction of sp³-hybridized carbons (Fsp3) is 0.583. The fourth-order valence-corrected chi connectivity index (χ4v) is 2.38. The van der Waals surface area contributed by atoms with Crippen LogP contribution in [0.15, 0.2) is 18.5 Å². The maximum absolute atomic E-state index is 11.2. The van der Waals surface area contributed by atoms with Gasteiger partial charge in [-0.25, -0.2) is 0 Å².